The van der Waals surface area contributed by atoms with Crippen LogP contribution in [0.4, 0.5) is 5.69 Å². The molecule has 246 valence electrons. The molecule has 3 aromatic carbocycles. The van der Waals surface area contributed by atoms with E-state index < -0.39 is 0 Å². The first kappa shape index (κ1) is 32.3. The Balaban J connectivity index is 1.09. The quantitative estimate of drug-likeness (QED) is 0.170. The minimum absolute atomic E-state index is 0.493. The van der Waals surface area contributed by atoms with Gasteiger partial charge in [0, 0.05) is 61.4 Å². The Labute approximate surface area is 287 Å². The van der Waals surface area contributed by atoms with E-state index in [0.29, 0.717) is 6.04 Å². The number of anilines is 1. The van der Waals surface area contributed by atoms with E-state index in [1.807, 2.05) is 12.4 Å². The summed E-state index contributed by atoms with van der Waals surface area (Å²) in [5.41, 5.74) is 19.7. The summed E-state index contributed by atoms with van der Waals surface area (Å²) in [7, 11) is 0. The third-order valence-electron chi connectivity index (χ3n) is 11.3. The first-order valence-electron chi connectivity index (χ1n) is 17.9. The van der Waals surface area contributed by atoms with Gasteiger partial charge < -0.3 is 4.90 Å². The van der Waals surface area contributed by atoms with E-state index in [1.54, 1.807) is 5.56 Å². The van der Waals surface area contributed by atoms with Crippen molar-refractivity contribution in [3.8, 4) is 22.5 Å². The Bertz CT molecular complexity index is 1900. The SMILES string of the molecule is Cc1cc(-c2cc(CN3CCC(N(Cc4ccnc(-c5cc(C)c(C)c(C)c5)c4)c4ccc5c(c4)CCC5)CC3)ccn2)cc(C)c1C. The van der Waals surface area contributed by atoms with Gasteiger partial charge in [-0.15, -0.1) is 0 Å². The van der Waals surface area contributed by atoms with Crippen LogP contribution in [0.2, 0.25) is 0 Å². The highest BCUT2D eigenvalue weighted by Gasteiger charge is 2.26. The molecule has 4 nitrogen and oxygen atoms in total. The third-order valence-corrected chi connectivity index (χ3v) is 11.3. The molecule has 0 bridgehead atoms. The second-order valence-electron chi connectivity index (χ2n) is 14.5. The van der Waals surface area contributed by atoms with Crippen molar-refractivity contribution in [2.45, 2.75) is 92.8 Å². The van der Waals surface area contributed by atoms with Crippen molar-refractivity contribution in [3.63, 3.8) is 0 Å². The zero-order chi connectivity index (χ0) is 33.4. The Morgan fingerprint density at radius 2 is 1.17 bits per heavy atom. The summed E-state index contributed by atoms with van der Waals surface area (Å²) in [6, 6.07) is 25.9. The van der Waals surface area contributed by atoms with Gasteiger partial charge >= 0.3 is 0 Å². The fourth-order valence-electron chi connectivity index (χ4n) is 7.84. The van der Waals surface area contributed by atoms with Crippen LogP contribution in [0, 0.1) is 41.5 Å². The van der Waals surface area contributed by atoms with Gasteiger partial charge in [-0.2, -0.15) is 0 Å². The molecule has 2 aromatic heterocycles. The maximum atomic E-state index is 4.82. The largest absolute Gasteiger partial charge is 0.364 e. The van der Waals surface area contributed by atoms with Crippen LogP contribution in [-0.2, 0) is 25.9 Å². The predicted octanol–water partition coefficient (Wildman–Crippen LogP) is 9.82. The first-order chi connectivity index (χ1) is 23.2. The second kappa shape index (κ2) is 13.7. The van der Waals surface area contributed by atoms with Crippen molar-refractivity contribution in [1.82, 2.24) is 14.9 Å². The molecule has 0 N–H and O–H groups in total. The number of pyridine rings is 2. The van der Waals surface area contributed by atoms with Crippen LogP contribution < -0.4 is 4.90 Å². The lowest BCUT2D eigenvalue weighted by Crippen LogP contribution is -2.44. The lowest BCUT2D eigenvalue weighted by atomic mass is 9.97. The van der Waals surface area contributed by atoms with E-state index in [4.69, 9.17) is 9.97 Å². The summed E-state index contributed by atoms with van der Waals surface area (Å²) < 4.78 is 0. The van der Waals surface area contributed by atoms with Crippen molar-refractivity contribution in [2.75, 3.05) is 18.0 Å². The van der Waals surface area contributed by atoms with Crippen LogP contribution in [0.1, 0.15) is 74.9 Å². The lowest BCUT2D eigenvalue weighted by molar-refractivity contribution is 0.201. The van der Waals surface area contributed by atoms with E-state index >= 15 is 0 Å². The molecule has 7 rings (SSSR count). The molecule has 0 amide bonds. The normalized spacial score (nSPS) is 15.1. The van der Waals surface area contributed by atoms with Crippen molar-refractivity contribution in [1.29, 1.82) is 0 Å². The molecule has 0 spiro atoms. The highest BCUT2D eigenvalue weighted by atomic mass is 15.2. The van der Waals surface area contributed by atoms with Crippen LogP contribution in [0.15, 0.2) is 79.1 Å². The van der Waals surface area contributed by atoms with E-state index in [1.165, 1.54) is 86.1 Å². The number of aromatic nitrogens is 2. The van der Waals surface area contributed by atoms with E-state index in [2.05, 4.69) is 118 Å². The van der Waals surface area contributed by atoms with E-state index in [-0.39, 0.29) is 0 Å². The average molecular weight is 635 g/mol. The molecule has 1 aliphatic heterocycles. The zero-order valence-electron chi connectivity index (χ0n) is 29.7. The monoisotopic (exact) mass is 634 g/mol. The molecule has 48 heavy (non-hydrogen) atoms. The van der Waals surface area contributed by atoms with E-state index in [0.717, 1.165) is 50.4 Å². The smallest absolute Gasteiger partial charge is 0.0705 e. The van der Waals surface area contributed by atoms with E-state index in [9.17, 15) is 0 Å². The summed E-state index contributed by atoms with van der Waals surface area (Å²) >= 11 is 0. The molecule has 2 aliphatic rings. The zero-order valence-corrected chi connectivity index (χ0v) is 29.7. The standard InChI is InChI=1S/C44H50N4/c1-29-20-39(21-30(2)33(29)5)43-24-35(12-16-45-43)27-47-18-14-41(15-19-47)48(42-11-10-37-8-7-9-38(37)26-42)28-36-13-17-46-44(25-36)40-22-31(3)34(6)32(4)23-40/h10-13,16-17,20-26,41H,7-9,14-15,18-19,27-28H2,1-6H3. The molecular formula is C44H50N4. The van der Waals surface area contributed by atoms with Gasteiger partial charge in [0.15, 0.2) is 0 Å². The van der Waals surface area contributed by atoms with Gasteiger partial charge in [-0.3, -0.25) is 14.9 Å². The number of nitrogens with zero attached hydrogens (tertiary/aromatic N) is 4. The molecule has 0 radical (unpaired) electrons. The van der Waals surface area contributed by atoms with Gasteiger partial charge in [0.05, 0.1) is 11.4 Å². The molecule has 1 fully saturated rings. The predicted molar refractivity (Wildman–Crippen MR) is 201 cm³/mol. The molecule has 0 saturated carbocycles. The van der Waals surface area contributed by atoms with Gasteiger partial charge in [0.2, 0.25) is 0 Å². The summed E-state index contributed by atoms with van der Waals surface area (Å²) in [4.78, 5) is 14.9. The van der Waals surface area contributed by atoms with Gasteiger partial charge in [0.1, 0.15) is 0 Å². The Hall–Kier alpha value is -4.28. The maximum absolute atomic E-state index is 4.82. The Morgan fingerprint density at radius 3 is 1.77 bits per heavy atom. The summed E-state index contributed by atoms with van der Waals surface area (Å²) in [6.07, 6.45) is 9.99. The van der Waals surface area contributed by atoms with Crippen LogP contribution in [0.5, 0.6) is 0 Å². The molecule has 4 heteroatoms. The van der Waals surface area contributed by atoms with Crippen LogP contribution in [0.3, 0.4) is 0 Å². The minimum Gasteiger partial charge on any atom is -0.364 e. The van der Waals surface area contributed by atoms with Crippen LogP contribution in [-0.4, -0.2) is 34.0 Å². The summed E-state index contributed by atoms with van der Waals surface area (Å²) in [6.45, 7) is 17.3. The first-order valence-corrected chi connectivity index (χ1v) is 17.9. The van der Waals surface area contributed by atoms with Crippen molar-refractivity contribution >= 4 is 5.69 Å². The Kier molecular flexibility index (Phi) is 9.20. The fraction of sp³-hybridized carbons (Fsp3) is 0.364. The molecule has 5 aromatic rings. The summed E-state index contributed by atoms with van der Waals surface area (Å²) in [5.74, 6) is 0. The van der Waals surface area contributed by atoms with Gasteiger partial charge in [0.25, 0.3) is 0 Å². The van der Waals surface area contributed by atoms with Gasteiger partial charge in [-0.25, -0.2) is 0 Å². The van der Waals surface area contributed by atoms with Crippen molar-refractivity contribution < 1.29 is 0 Å². The highest BCUT2D eigenvalue weighted by molar-refractivity contribution is 5.64. The number of likely N-dealkylation sites (tertiary alicyclic amines) is 1. The molecule has 0 unspecified atom stereocenters. The average Bonchev–Trinajstić information content (AvgIpc) is 3.57. The van der Waals surface area contributed by atoms with Crippen LogP contribution in [0.25, 0.3) is 22.5 Å². The minimum atomic E-state index is 0.493. The molecule has 0 atom stereocenters. The number of hydrogen-bond acceptors (Lipinski definition) is 4. The number of piperidine rings is 1. The molecule has 3 heterocycles. The van der Waals surface area contributed by atoms with Crippen LogP contribution >= 0.6 is 0 Å². The highest BCUT2D eigenvalue weighted by Crippen LogP contribution is 2.33. The molecular weight excluding hydrogens is 585 g/mol. The molecule has 1 saturated heterocycles. The lowest BCUT2D eigenvalue weighted by Gasteiger charge is -2.40. The number of hydrogen-bond donors (Lipinski definition) is 0. The number of fused-ring (bicyclic) bond motifs is 1. The van der Waals surface area contributed by atoms with Crippen molar-refractivity contribution in [2.24, 2.45) is 0 Å². The number of aryl methyl sites for hydroxylation is 6. The third kappa shape index (κ3) is 6.82. The second-order valence-corrected chi connectivity index (χ2v) is 14.5. The number of rotatable bonds is 8. The topological polar surface area (TPSA) is 32.3 Å². The van der Waals surface area contributed by atoms with Gasteiger partial charge in [-0.1, -0.05) is 6.07 Å². The Morgan fingerprint density at radius 1 is 0.625 bits per heavy atom. The maximum Gasteiger partial charge on any atom is 0.0705 e. The number of benzene rings is 3. The van der Waals surface area contributed by atoms with Crippen molar-refractivity contribution in [3.05, 3.63) is 135 Å². The molecule has 1 aliphatic carbocycles. The van der Waals surface area contributed by atoms with Gasteiger partial charge in [-0.05, 0) is 190 Å². The fourth-order valence-corrected chi connectivity index (χ4v) is 7.84. The summed E-state index contributed by atoms with van der Waals surface area (Å²) in [5, 5.41) is 0.